The third-order valence-corrected chi connectivity index (χ3v) is 3.65. The highest BCUT2D eigenvalue weighted by molar-refractivity contribution is 9.10. The molecule has 1 fully saturated rings. The second kappa shape index (κ2) is 6.06. The fraction of sp³-hybridized carbons (Fsp3) is 0.286. The van der Waals surface area contributed by atoms with Gasteiger partial charge in [-0.1, -0.05) is 0 Å². The van der Waals surface area contributed by atoms with Gasteiger partial charge in [-0.25, -0.2) is 9.97 Å². The molecule has 0 aromatic carbocycles. The number of aromatic nitrogens is 3. The van der Waals surface area contributed by atoms with Crippen molar-refractivity contribution in [2.75, 3.05) is 18.0 Å². The molecule has 2 aromatic heterocycles. The van der Waals surface area contributed by atoms with Gasteiger partial charge in [0.05, 0.1) is 12.7 Å². The van der Waals surface area contributed by atoms with E-state index in [2.05, 4.69) is 35.8 Å². The van der Waals surface area contributed by atoms with Crippen LogP contribution in [0.4, 0.5) is 5.82 Å². The molecule has 1 atom stereocenters. The maximum atomic E-state index is 8.88. The number of pyridine rings is 1. The summed E-state index contributed by atoms with van der Waals surface area (Å²) in [6.45, 7) is 1.57. The van der Waals surface area contributed by atoms with Gasteiger partial charge >= 0.3 is 0 Å². The molecule has 0 unspecified atom stereocenters. The Labute approximate surface area is 130 Å². The van der Waals surface area contributed by atoms with Crippen molar-refractivity contribution < 1.29 is 4.74 Å². The van der Waals surface area contributed by atoms with Crippen LogP contribution in [-0.2, 0) is 0 Å². The Hall–Kier alpha value is -2.20. The van der Waals surface area contributed by atoms with Crippen LogP contribution >= 0.6 is 15.9 Å². The molecule has 0 saturated carbocycles. The van der Waals surface area contributed by atoms with Gasteiger partial charge in [0.15, 0.2) is 0 Å². The number of nitrogens with zero attached hydrogens (tertiary/aromatic N) is 5. The standard InChI is InChI=1S/C14H12BrN5O/c15-10-3-13(7-17-6-10)21-12-1-2-20(8-12)14-4-11(5-16)18-9-19-14/h3-4,6-7,9,12H,1-2,8H2/t12-/m1/s1. The largest absolute Gasteiger partial charge is 0.487 e. The molecule has 106 valence electrons. The fourth-order valence-corrected chi connectivity index (χ4v) is 2.61. The van der Waals surface area contributed by atoms with E-state index < -0.39 is 0 Å². The van der Waals surface area contributed by atoms with Crippen LogP contribution in [0.15, 0.2) is 35.3 Å². The zero-order valence-electron chi connectivity index (χ0n) is 11.1. The first-order chi connectivity index (χ1) is 10.2. The summed E-state index contributed by atoms with van der Waals surface area (Å²) in [7, 11) is 0. The van der Waals surface area contributed by atoms with E-state index in [4.69, 9.17) is 10.00 Å². The molecule has 2 aromatic rings. The number of nitriles is 1. The van der Waals surface area contributed by atoms with Crippen molar-refractivity contribution in [1.29, 1.82) is 5.26 Å². The minimum atomic E-state index is 0.0848. The molecule has 1 saturated heterocycles. The Kier molecular flexibility index (Phi) is 3.97. The van der Waals surface area contributed by atoms with Crippen LogP contribution in [0.1, 0.15) is 12.1 Å². The monoisotopic (exact) mass is 345 g/mol. The Morgan fingerprint density at radius 2 is 2.24 bits per heavy atom. The fourth-order valence-electron chi connectivity index (χ4n) is 2.26. The first-order valence-corrected chi connectivity index (χ1v) is 7.28. The number of ether oxygens (including phenoxy) is 1. The minimum Gasteiger partial charge on any atom is -0.487 e. The van der Waals surface area contributed by atoms with Gasteiger partial charge in [-0.3, -0.25) is 4.98 Å². The second-order valence-electron chi connectivity index (χ2n) is 4.69. The molecule has 6 nitrogen and oxygen atoms in total. The molecule has 7 heteroatoms. The van der Waals surface area contributed by atoms with Crippen molar-refractivity contribution in [2.24, 2.45) is 0 Å². The van der Waals surface area contributed by atoms with E-state index in [-0.39, 0.29) is 6.10 Å². The van der Waals surface area contributed by atoms with Gasteiger partial charge in [0.2, 0.25) is 0 Å². The SMILES string of the molecule is N#Cc1cc(N2CC[C@@H](Oc3cncc(Br)c3)C2)ncn1. The van der Waals surface area contributed by atoms with Crippen LogP contribution in [0.3, 0.4) is 0 Å². The molecule has 0 N–H and O–H groups in total. The van der Waals surface area contributed by atoms with Crippen LogP contribution in [0, 0.1) is 11.3 Å². The van der Waals surface area contributed by atoms with Crippen molar-refractivity contribution in [3.05, 3.63) is 41.0 Å². The molecular weight excluding hydrogens is 334 g/mol. The molecule has 0 amide bonds. The lowest BCUT2D eigenvalue weighted by Gasteiger charge is -2.17. The zero-order chi connectivity index (χ0) is 14.7. The van der Waals surface area contributed by atoms with Gasteiger partial charge in [-0.05, 0) is 22.0 Å². The number of rotatable bonds is 3. The highest BCUT2D eigenvalue weighted by atomic mass is 79.9. The summed E-state index contributed by atoms with van der Waals surface area (Å²) >= 11 is 3.38. The summed E-state index contributed by atoms with van der Waals surface area (Å²) in [5, 5.41) is 8.88. The summed E-state index contributed by atoms with van der Waals surface area (Å²) in [5.41, 5.74) is 0.376. The summed E-state index contributed by atoms with van der Waals surface area (Å²) in [5.74, 6) is 1.51. The average molecular weight is 346 g/mol. The molecule has 3 heterocycles. The Balaban J connectivity index is 1.66. The van der Waals surface area contributed by atoms with E-state index in [1.165, 1.54) is 6.33 Å². The molecule has 0 bridgehead atoms. The molecule has 1 aliphatic heterocycles. The molecular formula is C14H12BrN5O. The third-order valence-electron chi connectivity index (χ3n) is 3.22. The van der Waals surface area contributed by atoms with Crippen LogP contribution in [-0.4, -0.2) is 34.1 Å². The van der Waals surface area contributed by atoms with Gasteiger partial charge in [-0.2, -0.15) is 5.26 Å². The zero-order valence-corrected chi connectivity index (χ0v) is 12.7. The maximum absolute atomic E-state index is 8.88. The minimum absolute atomic E-state index is 0.0848. The van der Waals surface area contributed by atoms with E-state index in [0.717, 1.165) is 35.6 Å². The van der Waals surface area contributed by atoms with Crippen molar-refractivity contribution in [3.63, 3.8) is 0 Å². The normalized spacial score (nSPS) is 17.5. The first-order valence-electron chi connectivity index (χ1n) is 6.49. The van der Waals surface area contributed by atoms with Crippen molar-refractivity contribution in [3.8, 4) is 11.8 Å². The Morgan fingerprint density at radius 3 is 3.05 bits per heavy atom. The van der Waals surface area contributed by atoms with Crippen molar-refractivity contribution in [1.82, 2.24) is 15.0 Å². The smallest absolute Gasteiger partial charge is 0.145 e. The summed E-state index contributed by atoms with van der Waals surface area (Å²) < 4.78 is 6.81. The lowest BCUT2D eigenvalue weighted by atomic mass is 10.3. The summed E-state index contributed by atoms with van der Waals surface area (Å²) in [6.07, 6.45) is 5.82. The van der Waals surface area contributed by atoms with Crippen molar-refractivity contribution >= 4 is 21.7 Å². The van der Waals surface area contributed by atoms with E-state index in [0.29, 0.717) is 5.69 Å². The molecule has 3 rings (SSSR count). The van der Waals surface area contributed by atoms with Crippen LogP contribution in [0.2, 0.25) is 0 Å². The average Bonchev–Trinajstić information content (AvgIpc) is 2.96. The van der Waals surface area contributed by atoms with Gasteiger partial charge in [0.25, 0.3) is 0 Å². The third kappa shape index (κ3) is 3.28. The first kappa shape index (κ1) is 13.8. The lowest BCUT2D eigenvalue weighted by molar-refractivity contribution is 0.224. The highest BCUT2D eigenvalue weighted by Gasteiger charge is 2.25. The van der Waals surface area contributed by atoms with Gasteiger partial charge in [0, 0.05) is 29.7 Å². The van der Waals surface area contributed by atoms with Crippen LogP contribution in [0.25, 0.3) is 0 Å². The lowest BCUT2D eigenvalue weighted by Crippen LogP contribution is -2.25. The van der Waals surface area contributed by atoms with Crippen molar-refractivity contribution in [2.45, 2.75) is 12.5 Å². The number of hydrogen-bond acceptors (Lipinski definition) is 6. The Morgan fingerprint density at radius 1 is 1.33 bits per heavy atom. The molecule has 0 radical (unpaired) electrons. The van der Waals surface area contributed by atoms with Gasteiger partial charge < -0.3 is 9.64 Å². The molecule has 21 heavy (non-hydrogen) atoms. The van der Waals surface area contributed by atoms with Crippen LogP contribution < -0.4 is 9.64 Å². The number of hydrogen-bond donors (Lipinski definition) is 0. The molecule has 0 aliphatic carbocycles. The predicted molar refractivity (Wildman–Crippen MR) is 79.9 cm³/mol. The van der Waals surface area contributed by atoms with E-state index >= 15 is 0 Å². The quantitative estimate of drug-likeness (QED) is 0.848. The number of anilines is 1. The van der Waals surface area contributed by atoms with Gasteiger partial charge in [-0.15, -0.1) is 0 Å². The molecule has 0 spiro atoms. The maximum Gasteiger partial charge on any atom is 0.145 e. The topological polar surface area (TPSA) is 74.9 Å². The highest BCUT2D eigenvalue weighted by Crippen LogP contribution is 2.23. The Bertz CT molecular complexity index is 687. The predicted octanol–water partition coefficient (Wildman–Crippen LogP) is 2.16. The molecule has 1 aliphatic rings. The van der Waals surface area contributed by atoms with E-state index in [9.17, 15) is 0 Å². The summed E-state index contributed by atoms with van der Waals surface area (Å²) in [4.78, 5) is 14.3. The van der Waals surface area contributed by atoms with Crippen LogP contribution in [0.5, 0.6) is 5.75 Å². The van der Waals surface area contributed by atoms with Gasteiger partial charge in [0.1, 0.15) is 35.8 Å². The van der Waals surface area contributed by atoms with E-state index in [1.54, 1.807) is 18.5 Å². The van der Waals surface area contributed by atoms with E-state index in [1.807, 2.05) is 12.1 Å². The summed E-state index contributed by atoms with van der Waals surface area (Å²) in [6, 6.07) is 5.62. The second-order valence-corrected chi connectivity index (χ2v) is 5.60. The number of halogens is 1.